The molecule has 6 heteroatoms. The zero-order valence-electron chi connectivity index (χ0n) is 12.6. The molecule has 2 aromatic heterocycles. The first-order valence-electron chi connectivity index (χ1n) is 7.10. The van der Waals surface area contributed by atoms with Crippen molar-refractivity contribution in [3.63, 3.8) is 0 Å². The highest BCUT2D eigenvalue weighted by Crippen LogP contribution is 2.29. The molecule has 5 nitrogen and oxygen atoms in total. The van der Waals surface area contributed by atoms with Crippen LogP contribution in [0.3, 0.4) is 0 Å². The van der Waals surface area contributed by atoms with E-state index in [4.69, 9.17) is 4.74 Å². The fraction of sp³-hybridized carbons (Fsp3) is 0.533. The number of pyridine rings is 1. The number of fused-ring (bicyclic) bond motifs is 1. The van der Waals surface area contributed by atoms with Crippen LogP contribution in [0, 0.1) is 12.3 Å². The summed E-state index contributed by atoms with van der Waals surface area (Å²) in [5.74, 6) is 0.843. The number of aromatic nitrogens is 3. The lowest BCUT2D eigenvalue weighted by Crippen LogP contribution is -2.27. The molecule has 1 unspecified atom stereocenters. The molecule has 0 aliphatic carbocycles. The summed E-state index contributed by atoms with van der Waals surface area (Å²) >= 11 is 1.54. The van der Waals surface area contributed by atoms with Gasteiger partial charge in [0.2, 0.25) is 0 Å². The second-order valence-electron chi connectivity index (χ2n) is 5.87. The van der Waals surface area contributed by atoms with E-state index in [2.05, 4.69) is 27.2 Å². The highest BCUT2D eigenvalue weighted by molar-refractivity contribution is 7.98. The molecule has 1 aliphatic rings. The van der Waals surface area contributed by atoms with Gasteiger partial charge in [-0.15, -0.1) is 0 Å². The molecule has 112 valence electrons. The molecule has 0 bridgehead atoms. The van der Waals surface area contributed by atoms with Crippen LogP contribution in [0.15, 0.2) is 17.4 Å². The predicted molar refractivity (Wildman–Crippen MR) is 85.9 cm³/mol. The van der Waals surface area contributed by atoms with Crippen LogP contribution in [0.2, 0.25) is 0 Å². The maximum absolute atomic E-state index is 5.51. The minimum Gasteiger partial charge on any atom is -0.381 e. The number of nitrogens with one attached hydrogen (secondary N) is 1. The molecular weight excluding hydrogens is 284 g/mol. The van der Waals surface area contributed by atoms with Crippen LogP contribution >= 0.6 is 11.8 Å². The van der Waals surface area contributed by atoms with Gasteiger partial charge in [-0.05, 0) is 25.7 Å². The van der Waals surface area contributed by atoms with E-state index >= 15 is 0 Å². The van der Waals surface area contributed by atoms with Gasteiger partial charge in [-0.3, -0.25) is 0 Å². The first kappa shape index (κ1) is 14.5. The lowest BCUT2D eigenvalue weighted by molar-refractivity contribution is 0.164. The van der Waals surface area contributed by atoms with Crippen molar-refractivity contribution >= 4 is 28.5 Å². The summed E-state index contributed by atoms with van der Waals surface area (Å²) in [6, 6.07) is 2.02. The predicted octanol–water partition coefficient (Wildman–Crippen LogP) is 2.89. The number of nitrogens with zero attached hydrogens (tertiary/aromatic N) is 3. The second kappa shape index (κ2) is 5.77. The highest BCUT2D eigenvalue weighted by atomic mass is 32.2. The Hall–Kier alpha value is -1.40. The van der Waals surface area contributed by atoms with Crippen molar-refractivity contribution in [1.29, 1.82) is 0 Å². The Bertz CT molecular complexity index is 655. The molecule has 0 spiro atoms. The fourth-order valence-corrected chi connectivity index (χ4v) is 2.87. The van der Waals surface area contributed by atoms with E-state index in [1.807, 2.05) is 25.4 Å². The number of thioether (sulfide) groups is 1. The summed E-state index contributed by atoms with van der Waals surface area (Å²) in [7, 11) is 0. The molecular formula is C15H20N4OS. The largest absolute Gasteiger partial charge is 0.381 e. The molecule has 0 aromatic carbocycles. The Morgan fingerprint density at radius 1 is 1.43 bits per heavy atom. The maximum atomic E-state index is 5.51. The third-order valence-corrected chi connectivity index (χ3v) is 4.40. The van der Waals surface area contributed by atoms with E-state index in [9.17, 15) is 0 Å². The van der Waals surface area contributed by atoms with Crippen LogP contribution in [0.4, 0.5) is 5.82 Å². The molecule has 0 radical (unpaired) electrons. The summed E-state index contributed by atoms with van der Waals surface area (Å²) in [6.45, 7) is 6.73. The normalized spacial score (nSPS) is 21.9. The van der Waals surface area contributed by atoms with Crippen LogP contribution < -0.4 is 5.32 Å². The van der Waals surface area contributed by atoms with Crippen LogP contribution in [0.25, 0.3) is 10.9 Å². The second-order valence-corrected chi connectivity index (χ2v) is 6.65. The summed E-state index contributed by atoms with van der Waals surface area (Å²) < 4.78 is 5.51. The van der Waals surface area contributed by atoms with Crippen LogP contribution in [0.1, 0.15) is 19.0 Å². The van der Waals surface area contributed by atoms with Crippen LogP contribution in [-0.2, 0) is 4.74 Å². The molecule has 1 fully saturated rings. The fourth-order valence-electron chi connectivity index (χ4n) is 2.52. The van der Waals surface area contributed by atoms with Gasteiger partial charge in [0.25, 0.3) is 0 Å². The molecule has 0 amide bonds. The quantitative estimate of drug-likeness (QED) is 0.692. The van der Waals surface area contributed by atoms with E-state index in [1.54, 1.807) is 11.8 Å². The molecule has 21 heavy (non-hydrogen) atoms. The van der Waals surface area contributed by atoms with Gasteiger partial charge in [0, 0.05) is 35.8 Å². The Morgan fingerprint density at radius 2 is 2.29 bits per heavy atom. The Balaban J connectivity index is 1.92. The minimum absolute atomic E-state index is 0.174. The van der Waals surface area contributed by atoms with Crippen molar-refractivity contribution in [1.82, 2.24) is 15.0 Å². The lowest BCUT2D eigenvalue weighted by Gasteiger charge is -2.22. The van der Waals surface area contributed by atoms with Gasteiger partial charge >= 0.3 is 0 Å². The number of hydrogen-bond acceptors (Lipinski definition) is 6. The van der Waals surface area contributed by atoms with E-state index in [0.717, 1.165) is 53.8 Å². The number of rotatable bonds is 4. The average molecular weight is 304 g/mol. The molecule has 3 rings (SSSR count). The zero-order chi connectivity index (χ0) is 14.9. The Kier molecular flexibility index (Phi) is 3.99. The van der Waals surface area contributed by atoms with Gasteiger partial charge in [-0.25, -0.2) is 15.0 Å². The minimum atomic E-state index is 0.174. The van der Waals surface area contributed by atoms with E-state index in [1.165, 1.54) is 0 Å². The molecule has 3 heterocycles. The molecule has 1 aliphatic heterocycles. The maximum Gasteiger partial charge on any atom is 0.187 e. The summed E-state index contributed by atoms with van der Waals surface area (Å²) in [5.41, 5.74) is 2.04. The lowest BCUT2D eigenvalue weighted by atomic mass is 9.90. The monoisotopic (exact) mass is 304 g/mol. The standard InChI is InChI=1S/C15H20N4OS/c1-10-6-11-7-16-14(21-3)19-12(11)13(18-10)17-8-15(2)4-5-20-9-15/h6-7H,4-5,8-9H2,1-3H3,(H,17,18). The van der Waals surface area contributed by atoms with Gasteiger partial charge in [-0.2, -0.15) is 0 Å². The zero-order valence-corrected chi connectivity index (χ0v) is 13.5. The third-order valence-electron chi connectivity index (χ3n) is 3.84. The number of aryl methyl sites for hydroxylation is 1. The topological polar surface area (TPSA) is 59.9 Å². The van der Waals surface area contributed by atoms with Gasteiger partial charge in [0.05, 0.1) is 6.61 Å². The number of ether oxygens (including phenoxy) is 1. The van der Waals surface area contributed by atoms with Crippen molar-refractivity contribution in [2.75, 3.05) is 31.3 Å². The Morgan fingerprint density at radius 3 is 3.00 bits per heavy atom. The van der Waals surface area contributed by atoms with Gasteiger partial charge in [0.1, 0.15) is 5.52 Å². The highest BCUT2D eigenvalue weighted by Gasteiger charge is 2.29. The van der Waals surface area contributed by atoms with Crippen LogP contribution in [0.5, 0.6) is 0 Å². The van der Waals surface area contributed by atoms with Gasteiger partial charge < -0.3 is 10.1 Å². The van der Waals surface area contributed by atoms with Crippen molar-refractivity contribution in [2.45, 2.75) is 25.4 Å². The first-order chi connectivity index (χ1) is 10.1. The van der Waals surface area contributed by atoms with Crippen molar-refractivity contribution in [3.05, 3.63) is 18.0 Å². The number of anilines is 1. The van der Waals surface area contributed by atoms with Crippen molar-refractivity contribution in [3.8, 4) is 0 Å². The van der Waals surface area contributed by atoms with Gasteiger partial charge in [0.15, 0.2) is 11.0 Å². The molecule has 1 atom stereocenters. The first-order valence-corrected chi connectivity index (χ1v) is 8.32. The number of hydrogen-bond donors (Lipinski definition) is 1. The molecule has 0 saturated carbocycles. The summed E-state index contributed by atoms with van der Waals surface area (Å²) in [6.07, 6.45) is 4.93. The van der Waals surface area contributed by atoms with E-state index in [-0.39, 0.29) is 5.41 Å². The van der Waals surface area contributed by atoms with E-state index < -0.39 is 0 Å². The summed E-state index contributed by atoms with van der Waals surface area (Å²) in [4.78, 5) is 13.6. The van der Waals surface area contributed by atoms with Crippen molar-refractivity contribution < 1.29 is 4.74 Å². The van der Waals surface area contributed by atoms with Crippen molar-refractivity contribution in [2.24, 2.45) is 5.41 Å². The molecule has 2 aromatic rings. The average Bonchev–Trinajstić information content (AvgIpc) is 2.91. The SMILES string of the molecule is CSc1ncc2cc(C)nc(NCC3(C)CCOC3)c2n1. The summed E-state index contributed by atoms with van der Waals surface area (Å²) in [5, 5.41) is 5.27. The third kappa shape index (κ3) is 3.11. The molecule has 1 N–H and O–H groups in total. The van der Waals surface area contributed by atoms with Crippen LogP contribution in [-0.4, -0.2) is 41.0 Å². The Labute approximate surface area is 128 Å². The smallest absolute Gasteiger partial charge is 0.187 e. The van der Waals surface area contributed by atoms with E-state index in [0.29, 0.717) is 0 Å². The van der Waals surface area contributed by atoms with Gasteiger partial charge in [-0.1, -0.05) is 18.7 Å². The molecule has 1 saturated heterocycles.